The maximum atomic E-state index is 13.0. The molecule has 22 heavy (non-hydrogen) atoms. The number of nitrogens with one attached hydrogen (secondary N) is 1. The summed E-state index contributed by atoms with van der Waals surface area (Å²) in [6.07, 6.45) is -4.61. The summed E-state index contributed by atoms with van der Waals surface area (Å²) in [4.78, 5) is 0. The van der Waals surface area contributed by atoms with E-state index in [-0.39, 0.29) is 18.3 Å². The SMILES string of the molecule is CC(C)CNC(O)CCc1cc2c(c(C(F)(F)F)c1)OCO2. The van der Waals surface area contributed by atoms with Crippen molar-refractivity contribution in [3.8, 4) is 11.5 Å². The predicted octanol–water partition coefficient (Wildman–Crippen LogP) is 2.93. The highest BCUT2D eigenvalue weighted by atomic mass is 19.4. The van der Waals surface area contributed by atoms with Crippen LogP contribution < -0.4 is 14.8 Å². The van der Waals surface area contributed by atoms with Crippen molar-refractivity contribution < 1.29 is 27.8 Å². The highest BCUT2D eigenvalue weighted by Gasteiger charge is 2.38. The van der Waals surface area contributed by atoms with Crippen LogP contribution in [0.4, 0.5) is 13.2 Å². The third kappa shape index (κ3) is 4.27. The number of fused-ring (bicyclic) bond motifs is 1. The smallest absolute Gasteiger partial charge is 0.420 e. The van der Waals surface area contributed by atoms with E-state index in [4.69, 9.17) is 9.47 Å². The molecule has 0 saturated carbocycles. The summed E-state index contributed by atoms with van der Waals surface area (Å²) in [6, 6.07) is 2.59. The van der Waals surface area contributed by atoms with Crippen LogP contribution in [0.25, 0.3) is 0 Å². The minimum absolute atomic E-state index is 0.106. The summed E-state index contributed by atoms with van der Waals surface area (Å²) in [5.41, 5.74) is -0.371. The second-order valence-corrected chi connectivity index (χ2v) is 5.73. The van der Waals surface area contributed by atoms with Crippen molar-refractivity contribution in [2.24, 2.45) is 5.92 Å². The first-order valence-corrected chi connectivity index (χ1v) is 7.18. The molecule has 0 bridgehead atoms. The number of aliphatic hydroxyl groups excluding tert-OH is 1. The van der Waals surface area contributed by atoms with Gasteiger partial charge in [-0.1, -0.05) is 13.8 Å². The Labute approximate surface area is 127 Å². The van der Waals surface area contributed by atoms with Crippen molar-refractivity contribution in [2.45, 2.75) is 39.1 Å². The Balaban J connectivity index is 2.06. The van der Waals surface area contributed by atoms with Crippen molar-refractivity contribution in [1.29, 1.82) is 0 Å². The molecule has 7 heteroatoms. The lowest BCUT2D eigenvalue weighted by Gasteiger charge is -2.16. The van der Waals surface area contributed by atoms with Crippen LogP contribution in [0.1, 0.15) is 31.4 Å². The predicted molar refractivity (Wildman–Crippen MR) is 74.7 cm³/mol. The van der Waals surface area contributed by atoms with Crippen LogP contribution >= 0.6 is 0 Å². The summed E-state index contributed by atoms with van der Waals surface area (Å²) in [6.45, 7) is 4.46. The van der Waals surface area contributed by atoms with Gasteiger partial charge in [0.1, 0.15) is 11.8 Å². The molecule has 1 aliphatic heterocycles. The zero-order chi connectivity index (χ0) is 16.3. The Morgan fingerprint density at radius 1 is 1.27 bits per heavy atom. The lowest BCUT2D eigenvalue weighted by molar-refractivity contribution is -0.138. The van der Waals surface area contributed by atoms with E-state index >= 15 is 0 Å². The van der Waals surface area contributed by atoms with E-state index in [2.05, 4.69) is 5.32 Å². The highest BCUT2D eigenvalue weighted by molar-refractivity contribution is 5.52. The van der Waals surface area contributed by atoms with E-state index in [1.807, 2.05) is 13.8 Å². The molecule has 1 unspecified atom stereocenters. The molecule has 1 aliphatic rings. The third-order valence-corrected chi connectivity index (χ3v) is 3.31. The Bertz CT molecular complexity index is 517. The molecule has 0 amide bonds. The molecule has 0 fully saturated rings. The summed E-state index contributed by atoms with van der Waals surface area (Å²) < 4.78 is 49.1. The molecule has 1 aromatic rings. The monoisotopic (exact) mass is 319 g/mol. The molecule has 0 radical (unpaired) electrons. The second kappa shape index (κ2) is 6.75. The third-order valence-electron chi connectivity index (χ3n) is 3.31. The lowest BCUT2D eigenvalue weighted by Crippen LogP contribution is -2.32. The Hall–Kier alpha value is -1.47. The van der Waals surface area contributed by atoms with Gasteiger partial charge in [0.05, 0.1) is 0 Å². The first-order chi connectivity index (χ1) is 10.3. The van der Waals surface area contributed by atoms with Gasteiger partial charge in [0.15, 0.2) is 11.5 Å². The Morgan fingerprint density at radius 2 is 2.00 bits per heavy atom. The van der Waals surface area contributed by atoms with E-state index in [0.29, 0.717) is 30.9 Å². The average Bonchev–Trinajstić information content (AvgIpc) is 2.88. The summed E-state index contributed by atoms with van der Waals surface area (Å²) >= 11 is 0. The fraction of sp³-hybridized carbons (Fsp3) is 0.600. The maximum Gasteiger partial charge on any atom is 0.420 e. The summed E-state index contributed by atoms with van der Waals surface area (Å²) in [5.74, 6) is 0.237. The maximum absolute atomic E-state index is 13.0. The van der Waals surface area contributed by atoms with Crippen LogP contribution in [0.2, 0.25) is 0 Å². The number of hydrogen-bond acceptors (Lipinski definition) is 4. The molecule has 2 N–H and O–H groups in total. The second-order valence-electron chi connectivity index (χ2n) is 5.73. The average molecular weight is 319 g/mol. The zero-order valence-corrected chi connectivity index (χ0v) is 12.5. The molecular weight excluding hydrogens is 299 g/mol. The van der Waals surface area contributed by atoms with Crippen LogP contribution in [-0.2, 0) is 12.6 Å². The van der Waals surface area contributed by atoms with Gasteiger partial charge in [-0.15, -0.1) is 0 Å². The standard InChI is InChI=1S/C15H20F3NO3/c1-9(2)7-19-13(20)4-3-10-5-11(15(16,17)18)14-12(6-10)21-8-22-14/h5-6,9,13,19-20H,3-4,7-8H2,1-2H3. The van der Waals surface area contributed by atoms with E-state index in [0.717, 1.165) is 6.07 Å². The molecular formula is C15H20F3NO3. The minimum Gasteiger partial charge on any atom is -0.454 e. The molecule has 1 aromatic carbocycles. The molecule has 0 saturated heterocycles. The van der Waals surface area contributed by atoms with Gasteiger partial charge < -0.3 is 14.6 Å². The van der Waals surface area contributed by atoms with Gasteiger partial charge in [-0.2, -0.15) is 13.2 Å². The first-order valence-electron chi connectivity index (χ1n) is 7.18. The molecule has 0 aliphatic carbocycles. The Kier molecular flexibility index (Phi) is 5.18. The number of alkyl halides is 3. The molecule has 124 valence electrons. The first kappa shape index (κ1) is 16.9. The molecule has 2 rings (SSSR count). The largest absolute Gasteiger partial charge is 0.454 e. The van der Waals surface area contributed by atoms with Crippen molar-refractivity contribution in [1.82, 2.24) is 5.32 Å². The van der Waals surface area contributed by atoms with E-state index in [1.165, 1.54) is 6.07 Å². The lowest BCUT2D eigenvalue weighted by atomic mass is 10.0. The van der Waals surface area contributed by atoms with Gasteiger partial charge in [-0.05, 0) is 43.0 Å². The van der Waals surface area contributed by atoms with Gasteiger partial charge >= 0.3 is 6.18 Å². The Morgan fingerprint density at radius 3 is 2.64 bits per heavy atom. The van der Waals surface area contributed by atoms with Crippen LogP contribution in [0.3, 0.4) is 0 Å². The summed E-state index contributed by atoms with van der Waals surface area (Å²) in [5, 5.41) is 12.7. The highest BCUT2D eigenvalue weighted by Crippen LogP contribution is 2.45. The van der Waals surface area contributed by atoms with Crippen molar-refractivity contribution >= 4 is 0 Å². The van der Waals surface area contributed by atoms with Crippen LogP contribution in [-0.4, -0.2) is 24.7 Å². The van der Waals surface area contributed by atoms with Crippen molar-refractivity contribution in [3.05, 3.63) is 23.3 Å². The van der Waals surface area contributed by atoms with Gasteiger partial charge in [0, 0.05) is 0 Å². The zero-order valence-electron chi connectivity index (χ0n) is 12.5. The fourth-order valence-corrected chi connectivity index (χ4v) is 2.20. The number of hydrogen-bond donors (Lipinski definition) is 2. The van der Waals surface area contributed by atoms with Gasteiger partial charge in [0.25, 0.3) is 0 Å². The number of aliphatic hydroxyl groups is 1. The quantitative estimate of drug-likeness (QED) is 0.792. The van der Waals surface area contributed by atoms with E-state index < -0.39 is 18.0 Å². The number of rotatable bonds is 6. The van der Waals surface area contributed by atoms with E-state index in [1.54, 1.807) is 0 Å². The van der Waals surface area contributed by atoms with Crippen LogP contribution in [0, 0.1) is 5.92 Å². The normalized spacial score (nSPS) is 15.4. The molecule has 1 atom stereocenters. The topological polar surface area (TPSA) is 50.7 Å². The number of ether oxygens (including phenoxy) is 2. The molecule has 0 spiro atoms. The van der Waals surface area contributed by atoms with Crippen molar-refractivity contribution in [2.75, 3.05) is 13.3 Å². The van der Waals surface area contributed by atoms with Gasteiger partial charge in [-0.25, -0.2) is 0 Å². The number of aryl methyl sites for hydroxylation is 1. The van der Waals surface area contributed by atoms with E-state index in [9.17, 15) is 18.3 Å². The summed E-state index contributed by atoms with van der Waals surface area (Å²) in [7, 11) is 0. The molecule has 0 aromatic heterocycles. The van der Waals surface area contributed by atoms with Crippen LogP contribution in [0.15, 0.2) is 12.1 Å². The van der Waals surface area contributed by atoms with Gasteiger partial charge in [-0.3, -0.25) is 5.32 Å². The van der Waals surface area contributed by atoms with Crippen molar-refractivity contribution in [3.63, 3.8) is 0 Å². The van der Waals surface area contributed by atoms with Gasteiger partial charge in [0.2, 0.25) is 6.79 Å². The minimum atomic E-state index is -4.50. The molecule has 4 nitrogen and oxygen atoms in total. The van der Waals surface area contributed by atoms with Crippen LogP contribution in [0.5, 0.6) is 11.5 Å². The fourth-order valence-electron chi connectivity index (χ4n) is 2.20. The number of benzene rings is 1. The number of halogens is 3. The molecule has 1 heterocycles.